The van der Waals surface area contributed by atoms with Gasteiger partial charge in [0.2, 0.25) is 11.8 Å². The van der Waals surface area contributed by atoms with Crippen molar-refractivity contribution in [2.75, 3.05) is 44.2 Å². The zero-order chi connectivity index (χ0) is 23.2. The molecule has 1 N–H and O–H groups in total. The minimum atomic E-state index is -0.497. The van der Waals surface area contributed by atoms with E-state index in [9.17, 15) is 9.59 Å². The van der Waals surface area contributed by atoms with Gasteiger partial charge in [-0.15, -0.1) is 0 Å². The van der Waals surface area contributed by atoms with E-state index < -0.39 is 5.92 Å². The first-order valence-electron chi connectivity index (χ1n) is 11.3. The summed E-state index contributed by atoms with van der Waals surface area (Å²) in [5.41, 5.74) is 1.18. The van der Waals surface area contributed by atoms with E-state index in [1.165, 1.54) is 0 Å². The van der Waals surface area contributed by atoms with Crippen molar-refractivity contribution in [2.24, 2.45) is 5.92 Å². The van der Waals surface area contributed by atoms with Gasteiger partial charge in [0.25, 0.3) is 0 Å². The van der Waals surface area contributed by atoms with Gasteiger partial charge in [-0.05, 0) is 43.5 Å². The summed E-state index contributed by atoms with van der Waals surface area (Å²) in [5, 5.41) is 2.94. The summed E-state index contributed by atoms with van der Waals surface area (Å²) in [5.74, 6) is 0.894. The molecule has 8 nitrogen and oxygen atoms in total. The quantitative estimate of drug-likeness (QED) is 0.655. The molecule has 2 aromatic rings. The second kappa shape index (κ2) is 10.6. The van der Waals surface area contributed by atoms with Crippen LogP contribution in [0.25, 0.3) is 0 Å². The Morgan fingerprint density at radius 2 is 1.97 bits per heavy atom. The largest absolute Gasteiger partial charge is 0.497 e. The van der Waals surface area contributed by atoms with E-state index in [0.717, 1.165) is 25.9 Å². The third kappa shape index (κ3) is 5.39. The summed E-state index contributed by atoms with van der Waals surface area (Å²) < 4.78 is 22.4. The monoisotopic (exact) mass is 454 g/mol. The normalized spacial score (nSPS) is 20.4. The lowest BCUT2D eigenvalue weighted by molar-refractivity contribution is -0.122. The molecule has 2 aliphatic rings. The predicted molar refractivity (Wildman–Crippen MR) is 124 cm³/mol. The van der Waals surface area contributed by atoms with Crippen LogP contribution in [-0.4, -0.2) is 51.9 Å². The zero-order valence-corrected chi connectivity index (χ0v) is 19.0. The molecule has 2 aliphatic heterocycles. The topological polar surface area (TPSA) is 86.3 Å². The molecule has 2 fully saturated rings. The highest BCUT2D eigenvalue weighted by Crippen LogP contribution is 2.36. The van der Waals surface area contributed by atoms with Crippen molar-refractivity contribution in [3.05, 3.63) is 42.5 Å². The van der Waals surface area contributed by atoms with Crippen LogP contribution in [0.1, 0.15) is 25.7 Å². The third-order valence-electron chi connectivity index (χ3n) is 6.02. The maximum Gasteiger partial charge on any atom is 0.229 e. The van der Waals surface area contributed by atoms with Crippen LogP contribution >= 0.6 is 0 Å². The van der Waals surface area contributed by atoms with Gasteiger partial charge in [-0.25, -0.2) is 0 Å². The number of para-hydroxylation sites is 2. The lowest BCUT2D eigenvalue weighted by Gasteiger charge is -2.23. The summed E-state index contributed by atoms with van der Waals surface area (Å²) in [6.45, 7) is 1.46. The van der Waals surface area contributed by atoms with Crippen LogP contribution in [0.5, 0.6) is 17.2 Å². The molecule has 0 aromatic heterocycles. The molecule has 8 heteroatoms. The van der Waals surface area contributed by atoms with Crippen LogP contribution in [-0.2, 0) is 14.3 Å². The van der Waals surface area contributed by atoms with E-state index in [2.05, 4.69) is 5.32 Å². The highest BCUT2D eigenvalue weighted by atomic mass is 16.5. The molecule has 0 bridgehead atoms. The van der Waals surface area contributed by atoms with Crippen LogP contribution in [0.2, 0.25) is 0 Å². The van der Waals surface area contributed by atoms with Gasteiger partial charge in [0.05, 0.1) is 37.6 Å². The maximum absolute atomic E-state index is 13.0. The van der Waals surface area contributed by atoms with Crippen molar-refractivity contribution in [3.63, 3.8) is 0 Å². The molecule has 2 saturated heterocycles. The Bertz CT molecular complexity index is 989. The number of amides is 2. The lowest BCUT2D eigenvalue weighted by Crippen LogP contribution is -2.29. The van der Waals surface area contributed by atoms with Gasteiger partial charge in [-0.1, -0.05) is 12.1 Å². The minimum absolute atomic E-state index is 0.0707. The number of anilines is 2. The summed E-state index contributed by atoms with van der Waals surface area (Å²) >= 11 is 0. The van der Waals surface area contributed by atoms with Crippen molar-refractivity contribution in [1.82, 2.24) is 0 Å². The number of carbonyl (C=O) groups is 2. The van der Waals surface area contributed by atoms with Gasteiger partial charge in [-0.2, -0.15) is 0 Å². The molecule has 0 radical (unpaired) electrons. The highest BCUT2D eigenvalue weighted by Gasteiger charge is 2.36. The molecule has 0 aliphatic carbocycles. The number of hydrogen-bond donors (Lipinski definition) is 1. The van der Waals surface area contributed by atoms with E-state index in [0.29, 0.717) is 35.2 Å². The van der Waals surface area contributed by atoms with Gasteiger partial charge in [0, 0.05) is 25.6 Å². The van der Waals surface area contributed by atoms with Crippen LogP contribution in [0.4, 0.5) is 11.4 Å². The molecule has 2 atom stereocenters. The molecule has 2 heterocycles. The van der Waals surface area contributed by atoms with Crippen molar-refractivity contribution >= 4 is 23.2 Å². The van der Waals surface area contributed by atoms with Crippen LogP contribution in [0, 0.1) is 5.92 Å². The van der Waals surface area contributed by atoms with Gasteiger partial charge < -0.3 is 29.2 Å². The number of hydrogen-bond acceptors (Lipinski definition) is 6. The first-order valence-corrected chi connectivity index (χ1v) is 11.3. The average molecular weight is 455 g/mol. The van der Waals surface area contributed by atoms with E-state index in [4.69, 9.17) is 18.9 Å². The van der Waals surface area contributed by atoms with Crippen LogP contribution in [0.3, 0.4) is 0 Å². The predicted octanol–water partition coefficient (Wildman–Crippen LogP) is 3.64. The summed E-state index contributed by atoms with van der Waals surface area (Å²) in [6, 6.07) is 12.6. The van der Waals surface area contributed by atoms with Gasteiger partial charge in [0.15, 0.2) is 0 Å². The van der Waals surface area contributed by atoms with Gasteiger partial charge in [0.1, 0.15) is 23.9 Å². The number of methoxy groups -OCH3 is 2. The van der Waals surface area contributed by atoms with Crippen molar-refractivity contribution < 1.29 is 28.5 Å². The molecular formula is C25H30N2O6. The first-order chi connectivity index (χ1) is 16.1. The van der Waals surface area contributed by atoms with Gasteiger partial charge in [-0.3, -0.25) is 9.59 Å². The fourth-order valence-corrected chi connectivity index (χ4v) is 4.18. The maximum atomic E-state index is 13.0. The smallest absolute Gasteiger partial charge is 0.229 e. The molecule has 2 unspecified atom stereocenters. The Hall–Kier alpha value is -3.26. The Kier molecular flexibility index (Phi) is 7.34. The summed E-state index contributed by atoms with van der Waals surface area (Å²) in [4.78, 5) is 27.4. The number of nitrogens with zero attached hydrogens (tertiary/aromatic N) is 1. The second-order valence-electron chi connectivity index (χ2n) is 8.23. The molecule has 0 saturated carbocycles. The Morgan fingerprint density at radius 3 is 2.73 bits per heavy atom. The lowest BCUT2D eigenvalue weighted by atomic mass is 10.1. The SMILES string of the molecule is COc1ccc(OC)c(N2CC(C(=O)Nc3ccccc3OCC3CCCCO3)CC2=O)c1. The Balaban J connectivity index is 1.42. The number of nitrogens with one attached hydrogen (secondary N) is 1. The fourth-order valence-electron chi connectivity index (χ4n) is 4.18. The van der Waals surface area contributed by atoms with Crippen LogP contribution < -0.4 is 24.4 Å². The molecular weight excluding hydrogens is 424 g/mol. The average Bonchev–Trinajstić information content (AvgIpc) is 3.25. The number of benzene rings is 2. The summed E-state index contributed by atoms with van der Waals surface area (Å²) in [6.07, 6.45) is 3.38. The van der Waals surface area contributed by atoms with E-state index in [1.54, 1.807) is 43.4 Å². The van der Waals surface area contributed by atoms with Crippen LogP contribution in [0.15, 0.2) is 42.5 Å². The molecule has 4 rings (SSSR count). The minimum Gasteiger partial charge on any atom is -0.497 e. The molecule has 33 heavy (non-hydrogen) atoms. The summed E-state index contributed by atoms with van der Waals surface area (Å²) in [7, 11) is 3.11. The molecule has 2 amide bonds. The second-order valence-corrected chi connectivity index (χ2v) is 8.23. The zero-order valence-electron chi connectivity index (χ0n) is 19.0. The standard InChI is InChI=1S/C25H30N2O6/c1-30-18-10-11-23(31-2)21(14-18)27-15-17(13-24(27)28)25(29)26-20-8-3-4-9-22(20)33-16-19-7-5-6-12-32-19/h3-4,8-11,14,17,19H,5-7,12-13,15-16H2,1-2H3,(H,26,29). The van der Waals surface area contributed by atoms with Crippen molar-refractivity contribution in [1.29, 1.82) is 0 Å². The van der Waals surface area contributed by atoms with E-state index >= 15 is 0 Å². The van der Waals surface area contributed by atoms with E-state index in [1.807, 2.05) is 18.2 Å². The fraction of sp³-hybridized carbons (Fsp3) is 0.440. The molecule has 176 valence electrons. The van der Waals surface area contributed by atoms with E-state index in [-0.39, 0.29) is 30.9 Å². The number of carbonyl (C=O) groups excluding carboxylic acids is 2. The Labute approximate surface area is 193 Å². The number of ether oxygens (including phenoxy) is 4. The first kappa shape index (κ1) is 22.9. The number of rotatable bonds is 8. The third-order valence-corrected chi connectivity index (χ3v) is 6.02. The highest BCUT2D eigenvalue weighted by molar-refractivity contribution is 6.04. The molecule has 2 aromatic carbocycles. The van der Waals surface area contributed by atoms with Crippen molar-refractivity contribution in [2.45, 2.75) is 31.8 Å². The Morgan fingerprint density at radius 1 is 1.12 bits per heavy atom. The van der Waals surface area contributed by atoms with Crippen molar-refractivity contribution in [3.8, 4) is 17.2 Å². The molecule has 0 spiro atoms. The van der Waals surface area contributed by atoms with Gasteiger partial charge >= 0.3 is 0 Å².